The molecule has 0 unspecified atom stereocenters. The van der Waals surface area contributed by atoms with E-state index in [9.17, 15) is 0 Å². The molecule has 0 bridgehead atoms. The number of nitrogens with one attached hydrogen (secondary N) is 1. The molecule has 0 radical (unpaired) electrons. The van der Waals surface area contributed by atoms with E-state index in [1.54, 1.807) is 11.8 Å². The van der Waals surface area contributed by atoms with E-state index in [4.69, 9.17) is 5.11 Å². The van der Waals surface area contributed by atoms with Gasteiger partial charge in [0.2, 0.25) is 5.16 Å². The van der Waals surface area contributed by atoms with Gasteiger partial charge in [0.1, 0.15) is 0 Å². The Bertz CT molecular complexity index is 305. The predicted octanol–water partition coefficient (Wildman–Crippen LogP) is 0.536. The first kappa shape index (κ1) is 14.4. The van der Waals surface area contributed by atoms with Gasteiger partial charge in [-0.1, -0.05) is 25.6 Å². The van der Waals surface area contributed by atoms with E-state index in [-0.39, 0.29) is 6.61 Å². The van der Waals surface area contributed by atoms with Crippen LogP contribution in [0.2, 0.25) is 0 Å². The van der Waals surface area contributed by atoms with E-state index in [0.29, 0.717) is 6.04 Å². The first-order valence-electron chi connectivity index (χ1n) is 5.97. The van der Waals surface area contributed by atoms with E-state index in [1.807, 2.05) is 4.68 Å². The summed E-state index contributed by atoms with van der Waals surface area (Å²) < 4.78 is 1.82. The van der Waals surface area contributed by atoms with E-state index in [0.717, 1.165) is 36.8 Å². The van der Waals surface area contributed by atoms with Gasteiger partial charge in [-0.25, -0.2) is 4.68 Å². The van der Waals surface area contributed by atoms with Gasteiger partial charge in [0.25, 0.3) is 0 Å². The van der Waals surface area contributed by atoms with Crippen LogP contribution < -0.4 is 5.32 Å². The Labute approximate surface area is 106 Å². The number of hydrogen-bond donors (Lipinski definition) is 2. The van der Waals surface area contributed by atoms with Crippen molar-refractivity contribution in [2.75, 3.05) is 18.9 Å². The van der Waals surface area contributed by atoms with Crippen molar-refractivity contribution in [1.82, 2.24) is 25.5 Å². The van der Waals surface area contributed by atoms with Crippen LogP contribution in [0.1, 0.15) is 26.7 Å². The fourth-order valence-corrected chi connectivity index (χ4v) is 2.18. The van der Waals surface area contributed by atoms with Gasteiger partial charge in [-0.2, -0.15) is 0 Å². The number of aliphatic hydroxyl groups excluding tert-OH is 1. The zero-order chi connectivity index (χ0) is 12.5. The molecule has 0 aliphatic heterocycles. The highest BCUT2D eigenvalue weighted by Gasteiger charge is 2.06. The molecule has 2 N–H and O–H groups in total. The third kappa shape index (κ3) is 5.99. The average molecular weight is 259 g/mol. The molecule has 0 aromatic carbocycles. The minimum Gasteiger partial charge on any atom is -0.396 e. The summed E-state index contributed by atoms with van der Waals surface area (Å²) in [6.07, 6.45) is 1.82. The van der Waals surface area contributed by atoms with Gasteiger partial charge < -0.3 is 10.4 Å². The Hall–Kier alpha value is -0.660. The first-order chi connectivity index (χ1) is 8.24. The highest BCUT2D eigenvalue weighted by Crippen LogP contribution is 2.14. The standard InChI is InChI=1S/C10H21N5OS/c1-9(2)11-5-6-15-10(12-13-14-15)17-8-4-3-7-16/h9,11,16H,3-8H2,1-2H3. The highest BCUT2D eigenvalue weighted by atomic mass is 32.2. The first-order valence-corrected chi connectivity index (χ1v) is 6.95. The maximum Gasteiger partial charge on any atom is 0.209 e. The summed E-state index contributed by atoms with van der Waals surface area (Å²) in [6.45, 7) is 6.14. The number of aliphatic hydroxyl groups is 1. The molecule has 0 atom stereocenters. The Morgan fingerprint density at radius 2 is 2.24 bits per heavy atom. The lowest BCUT2D eigenvalue weighted by Crippen LogP contribution is -2.27. The van der Waals surface area contributed by atoms with Crippen molar-refractivity contribution in [1.29, 1.82) is 0 Å². The van der Waals surface area contributed by atoms with Gasteiger partial charge in [0.05, 0.1) is 6.54 Å². The van der Waals surface area contributed by atoms with Crippen LogP contribution in [0.15, 0.2) is 5.16 Å². The van der Waals surface area contributed by atoms with Crippen LogP contribution in [0.4, 0.5) is 0 Å². The molecule has 98 valence electrons. The van der Waals surface area contributed by atoms with Gasteiger partial charge in [0.15, 0.2) is 0 Å². The van der Waals surface area contributed by atoms with Gasteiger partial charge in [-0.3, -0.25) is 0 Å². The van der Waals surface area contributed by atoms with Crippen LogP contribution in [-0.2, 0) is 6.54 Å². The summed E-state index contributed by atoms with van der Waals surface area (Å²) in [5.41, 5.74) is 0. The monoisotopic (exact) mass is 259 g/mol. The fraction of sp³-hybridized carbons (Fsp3) is 0.900. The SMILES string of the molecule is CC(C)NCCn1nnnc1SCCCCO. The Morgan fingerprint density at radius 1 is 1.41 bits per heavy atom. The number of tetrazole rings is 1. The molecule has 0 saturated heterocycles. The molecule has 6 nitrogen and oxygen atoms in total. The smallest absolute Gasteiger partial charge is 0.209 e. The molecule has 0 amide bonds. The number of aromatic nitrogens is 4. The number of thioether (sulfide) groups is 1. The van der Waals surface area contributed by atoms with Crippen molar-refractivity contribution >= 4 is 11.8 Å². The second-order valence-corrected chi connectivity index (χ2v) is 5.13. The minimum absolute atomic E-state index is 0.254. The lowest BCUT2D eigenvalue weighted by molar-refractivity contribution is 0.287. The van der Waals surface area contributed by atoms with Crippen LogP contribution in [0.3, 0.4) is 0 Å². The molecule has 0 saturated carbocycles. The van der Waals surface area contributed by atoms with Crippen molar-refractivity contribution in [3.8, 4) is 0 Å². The van der Waals surface area contributed by atoms with E-state index < -0.39 is 0 Å². The maximum atomic E-state index is 8.68. The van der Waals surface area contributed by atoms with E-state index >= 15 is 0 Å². The molecule has 1 heterocycles. The fourth-order valence-electron chi connectivity index (χ4n) is 1.28. The molecule has 0 aliphatic rings. The van der Waals surface area contributed by atoms with Crippen LogP contribution in [0.25, 0.3) is 0 Å². The summed E-state index contributed by atoms with van der Waals surface area (Å²) >= 11 is 1.64. The number of nitrogens with zero attached hydrogens (tertiary/aromatic N) is 4. The Kier molecular flexibility index (Phi) is 7.14. The minimum atomic E-state index is 0.254. The van der Waals surface area contributed by atoms with Crippen molar-refractivity contribution in [2.24, 2.45) is 0 Å². The lowest BCUT2D eigenvalue weighted by Gasteiger charge is -2.08. The van der Waals surface area contributed by atoms with Gasteiger partial charge in [0, 0.05) is 24.9 Å². The maximum absolute atomic E-state index is 8.68. The van der Waals surface area contributed by atoms with E-state index in [2.05, 4.69) is 34.7 Å². The van der Waals surface area contributed by atoms with Gasteiger partial charge in [-0.05, 0) is 23.3 Å². The molecule has 1 aromatic rings. The zero-order valence-electron chi connectivity index (χ0n) is 10.5. The summed E-state index contributed by atoms with van der Waals surface area (Å²) in [5, 5.41) is 24.5. The molecule has 1 rings (SSSR count). The Balaban J connectivity index is 2.27. The topological polar surface area (TPSA) is 75.9 Å². The zero-order valence-corrected chi connectivity index (χ0v) is 11.3. The number of unbranched alkanes of at least 4 members (excludes halogenated alkanes) is 1. The number of rotatable bonds is 9. The van der Waals surface area contributed by atoms with Crippen molar-refractivity contribution in [3.05, 3.63) is 0 Å². The largest absolute Gasteiger partial charge is 0.396 e. The predicted molar refractivity (Wildman–Crippen MR) is 68.0 cm³/mol. The number of hydrogen-bond acceptors (Lipinski definition) is 6. The average Bonchev–Trinajstić information content (AvgIpc) is 2.72. The van der Waals surface area contributed by atoms with Crippen molar-refractivity contribution in [3.63, 3.8) is 0 Å². The molecular formula is C10H21N5OS. The molecule has 0 spiro atoms. The Morgan fingerprint density at radius 3 is 2.94 bits per heavy atom. The summed E-state index contributed by atoms with van der Waals surface area (Å²) in [6, 6.07) is 0.479. The molecular weight excluding hydrogens is 238 g/mol. The summed E-state index contributed by atoms with van der Waals surface area (Å²) in [4.78, 5) is 0. The summed E-state index contributed by atoms with van der Waals surface area (Å²) in [5.74, 6) is 0.943. The molecule has 17 heavy (non-hydrogen) atoms. The lowest BCUT2D eigenvalue weighted by atomic mass is 10.4. The molecule has 0 fully saturated rings. The van der Waals surface area contributed by atoms with Crippen LogP contribution in [0, 0.1) is 0 Å². The third-order valence-electron chi connectivity index (χ3n) is 2.16. The van der Waals surface area contributed by atoms with E-state index in [1.165, 1.54) is 0 Å². The van der Waals surface area contributed by atoms with Crippen molar-refractivity contribution in [2.45, 2.75) is 44.4 Å². The second kappa shape index (κ2) is 8.43. The molecule has 7 heteroatoms. The normalized spacial score (nSPS) is 11.3. The summed E-state index contributed by atoms with van der Waals surface area (Å²) in [7, 11) is 0. The van der Waals surface area contributed by atoms with Crippen LogP contribution in [-0.4, -0.2) is 50.3 Å². The van der Waals surface area contributed by atoms with Gasteiger partial charge in [-0.15, -0.1) is 5.10 Å². The molecule has 0 aliphatic carbocycles. The van der Waals surface area contributed by atoms with Gasteiger partial charge >= 0.3 is 0 Å². The quantitative estimate of drug-likeness (QED) is 0.498. The van der Waals surface area contributed by atoms with Crippen molar-refractivity contribution < 1.29 is 5.11 Å². The van der Waals surface area contributed by atoms with Crippen LogP contribution >= 0.6 is 11.8 Å². The second-order valence-electron chi connectivity index (χ2n) is 4.07. The third-order valence-corrected chi connectivity index (χ3v) is 3.20. The van der Waals surface area contributed by atoms with Crippen LogP contribution in [0.5, 0.6) is 0 Å². The molecule has 1 aromatic heterocycles. The highest BCUT2D eigenvalue weighted by molar-refractivity contribution is 7.99.